The van der Waals surface area contributed by atoms with Crippen LogP contribution in [0.4, 0.5) is 0 Å². The molecule has 1 aliphatic rings. The Morgan fingerprint density at radius 2 is 1.88 bits per heavy atom. The van der Waals surface area contributed by atoms with Gasteiger partial charge in [0.25, 0.3) is 0 Å². The molecule has 1 aromatic carbocycles. The topological polar surface area (TPSA) is 62.7 Å². The molecule has 0 unspecified atom stereocenters. The molecule has 1 atom stereocenters. The Morgan fingerprint density at radius 3 is 2.58 bits per heavy atom. The first-order valence-corrected chi connectivity index (χ1v) is 9.28. The molecule has 26 heavy (non-hydrogen) atoms. The summed E-state index contributed by atoms with van der Waals surface area (Å²) in [6.45, 7) is 1.95. The zero-order chi connectivity index (χ0) is 18.2. The van der Waals surface area contributed by atoms with Gasteiger partial charge in [0.05, 0.1) is 18.4 Å². The molecule has 0 saturated carbocycles. The van der Waals surface area contributed by atoms with Gasteiger partial charge in [-0.05, 0) is 49.4 Å². The van der Waals surface area contributed by atoms with Crippen molar-refractivity contribution in [3.63, 3.8) is 0 Å². The standard InChI is InChI=1S/C21H26N2O3/c24-20(10-6-16-26-18-7-2-1-3-8-18)23-14-11-17(12-15-23)21(25)19-9-4-5-13-22-19/h1-5,7-9,13,17,21,25H,6,10-12,14-16H2/t21-/m1/s1. The van der Waals surface area contributed by atoms with Crippen LogP contribution in [-0.4, -0.2) is 40.6 Å². The number of aliphatic hydroxyl groups is 1. The molecule has 1 saturated heterocycles. The molecule has 0 bridgehead atoms. The van der Waals surface area contributed by atoms with Crippen molar-refractivity contribution in [3.05, 3.63) is 60.4 Å². The van der Waals surface area contributed by atoms with E-state index in [4.69, 9.17) is 4.74 Å². The van der Waals surface area contributed by atoms with Gasteiger partial charge in [0.1, 0.15) is 5.75 Å². The average molecular weight is 354 g/mol. The Balaban J connectivity index is 1.37. The summed E-state index contributed by atoms with van der Waals surface area (Å²) in [5.74, 6) is 1.17. The molecular weight excluding hydrogens is 328 g/mol. The number of rotatable bonds is 7. The van der Waals surface area contributed by atoms with Crippen LogP contribution in [0.25, 0.3) is 0 Å². The SMILES string of the molecule is O=C(CCCOc1ccccc1)N1CCC([C@@H](O)c2ccccn2)CC1. The van der Waals surface area contributed by atoms with Crippen LogP contribution in [0.15, 0.2) is 54.7 Å². The zero-order valence-electron chi connectivity index (χ0n) is 15.0. The van der Waals surface area contributed by atoms with Gasteiger partial charge in [0, 0.05) is 25.7 Å². The van der Waals surface area contributed by atoms with Crippen molar-refractivity contribution in [2.75, 3.05) is 19.7 Å². The fourth-order valence-corrected chi connectivity index (χ4v) is 3.35. The maximum Gasteiger partial charge on any atom is 0.222 e. The van der Waals surface area contributed by atoms with Gasteiger partial charge < -0.3 is 14.7 Å². The number of likely N-dealkylation sites (tertiary alicyclic amines) is 1. The van der Waals surface area contributed by atoms with Gasteiger partial charge >= 0.3 is 0 Å². The van der Waals surface area contributed by atoms with Gasteiger partial charge in [-0.2, -0.15) is 0 Å². The second-order valence-electron chi connectivity index (χ2n) is 6.68. The maximum atomic E-state index is 12.4. The third kappa shape index (κ3) is 5.05. The predicted molar refractivity (Wildman–Crippen MR) is 99.7 cm³/mol. The molecule has 3 rings (SSSR count). The lowest BCUT2D eigenvalue weighted by Gasteiger charge is -2.34. The van der Waals surface area contributed by atoms with Crippen LogP contribution < -0.4 is 4.74 Å². The molecule has 1 aliphatic heterocycles. The second kappa shape index (κ2) is 9.34. The third-order valence-electron chi connectivity index (χ3n) is 4.88. The fraction of sp³-hybridized carbons (Fsp3) is 0.429. The normalized spacial score (nSPS) is 16.3. The lowest BCUT2D eigenvalue weighted by molar-refractivity contribution is -0.133. The number of pyridine rings is 1. The summed E-state index contributed by atoms with van der Waals surface area (Å²) in [6.07, 6.45) is 3.99. The molecule has 5 nitrogen and oxygen atoms in total. The highest BCUT2D eigenvalue weighted by Gasteiger charge is 2.28. The number of aromatic nitrogens is 1. The Morgan fingerprint density at radius 1 is 1.15 bits per heavy atom. The van der Waals surface area contributed by atoms with Crippen molar-refractivity contribution in [1.82, 2.24) is 9.88 Å². The molecule has 1 aromatic heterocycles. The first kappa shape index (κ1) is 18.4. The van der Waals surface area contributed by atoms with Crippen molar-refractivity contribution in [1.29, 1.82) is 0 Å². The number of carbonyl (C=O) groups excluding carboxylic acids is 1. The smallest absolute Gasteiger partial charge is 0.222 e. The number of hydrogen-bond acceptors (Lipinski definition) is 4. The molecule has 5 heteroatoms. The van der Waals surface area contributed by atoms with Crippen molar-refractivity contribution in [3.8, 4) is 5.75 Å². The van der Waals surface area contributed by atoms with Crippen LogP contribution in [0.2, 0.25) is 0 Å². The van der Waals surface area contributed by atoms with Gasteiger partial charge in [-0.25, -0.2) is 0 Å². The van der Waals surface area contributed by atoms with Crippen molar-refractivity contribution >= 4 is 5.91 Å². The Labute approximate surface area is 154 Å². The summed E-state index contributed by atoms with van der Waals surface area (Å²) >= 11 is 0. The highest BCUT2D eigenvalue weighted by atomic mass is 16.5. The van der Waals surface area contributed by atoms with E-state index in [9.17, 15) is 9.90 Å². The van der Waals surface area contributed by atoms with Crippen LogP contribution in [-0.2, 0) is 4.79 Å². The van der Waals surface area contributed by atoms with E-state index < -0.39 is 6.10 Å². The first-order chi connectivity index (χ1) is 12.7. The van der Waals surface area contributed by atoms with Gasteiger partial charge in [-0.15, -0.1) is 0 Å². The number of carbonyl (C=O) groups is 1. The summed E-state index contributed by atoms with van der Waals surface area (Å²) in [7, 11) is 0. The number of para-hydroxylation sites is 1. The first-order valence-electron chi connectivity index (χ1n) is 9.28. The van der Waals surface area contributed by atoms with Gasteiger partial charge in [-0.3, -0.25) is 9.78 Å². The van der Waals surface area contributed by atoms with E-state index in [1.54, 1.807) is 6.20 Å². The Kier molecular flexibility index (Phi) is 6.61. The van der Waals surface area contributed by atoms with E-state index in [2.05, 4.69) is 4.98 Å². The number of ether oxygens (including phenoxy) is 1. The Bertz CT molecular complexity index is 670. The van der Waals surface area contributed by atoms with Crippen LogP contribution in [0.1, 0.15) is 37.5 Å². The average Bonchev–Trinajstić information content (AvgIpc) is 2.72. The number of nitrogens with zero attached hydrogens (tertiary/aromatic N) is 2. The van der Waals surface area contributed by atoms with E-state index in [1.807, 2.05) is 53.4 Å². The lowest BCUT2D eigenvalue weighted by atomic mass is 9.89. The predicted octanol–water partition coefficient (Wildman–Crippen LogP) is 3.21. The highest BCUT2D eigenvalue weighted by Crippen LogP contribution is 2.29. The van der Waals surface area contributed by atoms with Crippen LogP contribution in [0.3, 0.4) is 0 Å². The molecule has 0 radical (unpaired) electrons. The second-order valence-corrected chi connectivity index (χ2v) is 6.68. The molecule has 2 aromatic rings. The van der Waals surface area contributed by atoms with Gasteiger partial charge in [0.2, 0.25) is 5.91 Å². The van der Waals surface area contributed by atoms with E-state index >= 15 is 0 Å². The summed E-state index contributed by atoms with van der Waals surface area (Å²) in [6, 6.07) is 15.2. The molecule has 1 amide bonds. The number of hydrogen-bond donors (Lipinski definition) is 1. The summed E-state index contributed by atoms with van der Waals surface area (Å²) in [5.41, 5.74) is 0.718. The zero-order valence-corrected chi connectivity index (χ0v) is 15.0. The number of benzene rings is 1. The van der Waals surface area contributed by atoms with Crippen LogP contribution in [0.5, 0.6) is 5.75 Å². The number of piperidine rings is 1. The van der Waals surface area contributed by atoms with E-state index in [0.29, 0.717) is 32.5 Å². The maximum absolute atomic E-state index is 12.4. The molecule has 138 valence electrons. The molecule has 1 fully saturated rings. The van der Waals surface area contributed by atoms with E-state index in [1.165, 1.54) is 0 Å². The summed E-state index contributed by atoms with van der Waals surface area (Å²) in [5, 5.41) is 10.5. The number of aliphatic hydroxyl groups excluding tert-OH is 1. The third-order valence-corrected chi connectivity index (χ3v) is 4.88. The van der Waals surface area contributed by atoms with E-state index in [0.717, 1.165) is 24.3 Å². The fourth-order valence-electron chi connectivity index (χ4n) is 3.35. The summed E-state index contributed by atoms with van der Waals surface area (Å²) < 4.78 is 5.63. The van der Waals surface area contributed by atoms with Crippen molar-refractivity contribution in [2.45, 2.75) is 31.8 Å². The van der Waals surface area contributed by atoms with Crippen molar-refractivity contribution < 1.29 is 14.6 Å². The van der Waals surface area contributed by atoms with Crippen LogP contribution in [0, 0.1) is 5.92 Å². The monoisotopic (exact) mass is 354 g/mol. The molecule has 0 aliphatic carbocycles. The number of amides is 1. The highest BCUT2D eigenvalue weighted by molar-refractivity contribution is 5.76. The molecule has 1 N–H and O–H groups in total. The van der Waals surface area contributed by atoms with Crippen LogP contribution >= 0.6 is 0 Å². The van der Waals surface area contributed by atoms with E-state index in [-0.39, 0.29) is 11.8 Å². The molecular formula is C21H26N2O3. The van der Waals surface area contributed by atoms with Crippen molar-refractivity contribution in [2.24, 2.45) is 5.92 Å². The minimum absolute atomic E-state index is 0.162. The quantitative estimate of drug-likeness (QED) is 0.776. The molecule has 2 heterocycles. The van der Waals surface area contributed by atoms with Gasteiger partial charge in [0.15, 0.2) is 0 Å². The lowest BCUT2D eigenvalue weighted by Crippen LogP contribution is -2.39. The van der Waals surface area contributed by atoms with Gasteiger partial charge in [-0.1, -0.05) is 24.3 Å². The minimum atomic E-state index is -0.548. The minimum Gasteiger partial charge on any atom is -0.494 e. The Hall–Kier alpha value is -2.40. The summed E-state index contributed by atoms with van der Waals surface area (Å²) in [4.78, 5) is 18.5. The molecule has 0 spiro atoms. The largest absolute Gasteiger partial charge is 0.494 e.